The lowest BCUT2D eigenvalue weighted by Crippen LogP contribution is -2.39. The Balaban J connectivity index is 1.83. The highest BCUT2D eigenvalue weighted by atomic mass is 32.2. The van der Waals surface area contributed by atoms with Crippen LogP contribution in [0.4, 0.5) is 0 Å². The summed E-state index contributed by atoms with van der Waals surface area (Å²) in [5.74, 6) is 0.375. The molecule has 0 bridgehead atoms. The number of benzene rings is 1. The third-order valence-electron chi connectivity index (χ3n) is 4.20. The van der Waals surface area contributed by atoms with Crippen LogP contribution in [-0.4, -0.2) is 38.9 Å². The molecule has 2 rings (SSSR count). The Bertz CT molecular complexity index is 616. The van der Waals surface area contributed by atoms with Crippen molar-refractivity contribution >= 4 is 16.0 Å². The van der Waals surface area contributed by atoms with Crippen molar-refractivity contribution in [1.82, 2.24) is 4.90 Å². The fourth-order valence-electron chi connectivity index (χ4n) is 2.68. The highest BCUT2D eigenvalue weighted by Gasteiger charge is 2.24. The predicted molar refractivity (Wildman–Crippen MR) is 88.5 cm³/mol. The summed E-state index contributed by atoms with van der Waals surface area (Å²) in [6.45, 7) is 5.47. The molecule has 0 saturated carbocycles. The summed E-state index contributed by atoms with van der Waals surface area (Å²) >= 11 is 0. The summed E-state index contributed by atoms with van der Waals surface area (Å²) in [5.41, 5.74) is 1.01. The van der Waals surface area contributed by atoms with E-state index >= 15 is 0 Å². The first-order valence-corrected chi connectivity index (χ1v) is 9.57. The van der Waals surface area contributed by atoms with E-state index in [9.17, 15) is 13.2 Å². The third kappa shape index (κ3) is 5.04. The van der Waals surface area contributed by atoms with Gasteiger partial charge in [0.25, 0.3) is 10.1 Å². The van der Waals surface area contributed by atoms with Gasteiger partial charge in [0.2, 0.25) is 5.91 Å². The van der Waals surface area contributed by atoms with Crippen LogP contribution in [-0.2, 0) is 19.1 Å². The first-order chi connectivity index (χ1) is 10.9. The molecule has 5 nitrogen and oxygen atoms in total. The predicted octanol–water partition coefficient (Wildman–Crippen LogP) is 2.74. The molecule has 0 unspecified atom stereocenters. The maximum Gasteiger partial charge on any atom is 0.296 e. The van der Waals surface area contributed by atoms with Crippen molar-refractivity contribution in [2.45, 2.75) is 44.4 Å². The largest absolute Gasteiger partial charge is 0.343 e. The minimum absolute atomic E-state index is 0.181. The molecule has 1 aliphatic rings. The van der Waals surface area contributed by atoms with E-state index in [-0.39, 0.29) is 23.3 Å². The summed E-state index contributed by atoms with van der Waals surface area (Å²) < 4.78 is 29.5. The number of aryl methyl sites for hydroxylation is 1. The Morgan fingerprint density at radius 1 is 1.22 bits per heavy atom. The molecule has 1 heterocycles. The normalized spacial score (nSPS) is 16.5. The van der Waals surface area contributed by atoms with Gasteiger partial charge in [-0.3, -0.25) is 8.98 Å². The maximum atomic E-state index is 12.2. The number of nitrogens with zero attached hydrogens (tertiary/aromatic N) is 1. The summed E-state index contributed by atoms with van der Waals surface area (Å²) in [4.78, 5) is 13.9. The van der Waals surface area contributed by atoms with Gasteiger partial charge in [0, 0.05) is 19.5 Å². The molecule has 1 amide bonds. The number of hydrogen-bond donors (Lipinski definition) is 0. The molecule has 0 aliphatic carbocycles. The van der Waals surface area contributed by atoms with Crippen LogP contribution in [0.1, 0.15) is 38.2 Å². The molecule has 0 N–H and O–H groups in total. The van der Waals surface area contributed by atoms with Crippen LogP contribution in [0.15, 0.2) is 29.2 Å². The van der Waals surface area contributed by atoms with Crippen molar-refractivity contribution in [3.8, 4) is 0 Å². The summed E-state index contributed by atoms with van der Waals surface area (Å²) in [5, 5.41) is 0. The van der Waals surface area contributed by atoms with E-state index in [1.165, 1.54) is 0 Å². The average molecular weight is 339 g/mol. The van der Waals surface area contributed by atoms with Crippen LogP contribution in [0.25, 0.3) is 0 Å². The molecule has 6 heteroatoms. The molecular weight excluding hydrogens is 314 g/mol. The van der Waals surface area contributed by atoms with Crippen LogP contribution in [0.5, 0.6) is 0 Å². The number of carbonyl (C=O) groups is 1. The molecule has 1 aromatic rings. The monoisotopic (exact) mass is 339 g/mol. The standard InChI is InChI=1S/C17H25NO4S/c1-3-4-17(19)18-11-9-15(10-12-18)13-22-23(20,21)16-7-5-14(2)6-8-16/h5-8,15H,3-4,9-13H2,1-2H3. The first kappa shape index (κ1) is 17.9. The van der Waals surface area contributed by atoms with Gasteiger partial charge in [-0.1, -0.05) is 24.6 Å². The molecule has 1 saturated heterocycles. The Hall–Kier alpha value is -1.40. The molecule has 128 valence electrons. The van der Waals surface area contributed by atoms with E-state index in [0.29, 0.717) is 19.5 Å². The lowest BCUT2D eigenvalue weighted by Gasteiger charge is -2.31. The first-order valence-electron chi connectivity index (χ1n) is 8.16. The van der Waals surface area contributed by atoms with Gasteiger partial charge >= 0.3 is 0 Å². The molecule has 0 spiro atoms. The van der Waals surface area contributed by atoms with E-state index in [1.807, 2.05) is 18.7 Å². The van der Waals surface area contributed by atoms with E-state index < -0.39 is 10.1 Å². The fourth-order valence-corrected chi connectivity index (χ4v) is 3.66. The Morgan fingerprint density at radius 3 is 2.39 bits per heavy atom. The Labute approximate surface area is 138 Å². The molecule has 1 aromatic carbocycles. The van der Waals surface area contributed by atoms with Gasteiger partial charge in [0.05, 0.1) is 11.5 Å². The lowest BCUT2D eigenvalue weighted by atomic mass is 9.97. The van der Waals surface area contributed by atoms with E-state index in [4.69, 9.17) is 4.18 Å². The Kier molecular flexibility index (Phi) is 6.18. The summed E-state index contributed by atoms with van der Waals surface area (Å²) in [6.07, 6.45) is 3.03. The summed E-state index contributed by atoms with van der Waals surface area (Å²) in [7, 11) is -3.70. The van der Waals surface area contributed by atoms with Gasteiger partial charge in [-0.25, -0.2) is 0 Å². The SMILES string of the molecule is CCCC(=O)N1CCC(COS(=O)(=O)c2ccc(C)cc2)CC1. The zero-order valence-corrected chi connectivity index (χ0v) is 14.6. The minimum Gasteiger partial charge on any atom is -0.343 e. The van der Waals surface area contributed by atoms with Crippen LogP contribution < -0.4 is 0 Å². The number of rotatable bonds is 6. The average Bonchev–Trinajstić information content (AvgIpc) is 2.54. The topological polar surface area (TPSA) is 63.7 Å². The van der Waals surface area contributed by atoms with Crippen molar-refractivity contribution in [3.63, 3.8) is 0 Å². The molecule has 1 aliphatic heterocycles. The molecular formula is C17H25NO4S. The highest BCUT2D eigenvalue weighted by molar-refractivity contribution is 7.86. The van der Waals surface area contributed by atoms with E-state index in [2.05, 4.69) is 0 Å². The minimum atomic E-state index is -3.70. The number of likely N-dealkylation sites (tertiary alicyclic amines) is 1. The molecule has 0 radical (unpaired) electrons. The molecule has 1 fully saturated rings. The third-order valence-corrected chi connectivity index (χ3v) is 5.50. The van der Waals surface area contributed by atoms with E-state index in [0.717, 1.165) is 24.8 Å². The second-order valence-electron chi connectivity index (χ2n) is 6.13. The van der Waals surface area contributed by atoms with Gasteiger partial charge in [-0.2, -0.15) is 8.42 Å². The molecule has 23 heavy (non-hydrogen) atoms. The Morgan fingerprint density at radius 2 is 1.83 bits per heavy atom. The van der Waals surface area contributed by atoms with Crippen LogP contribution in [0, 0.1) is 12.8 Å². The quantitative estimate of drug-likeness (QED) is 0.748. The van der Waals surface area contributed by atoms with Gasteiger partial charge < -0.3 is 4.90 Å². The zero-order valence-electron chi connectivity index (χ0n) is 13.8. The smallest absolute Gasteiger partial charge is 0.296 e. The van der Waals surface area contributed by atoms with Gasteiger partial charge in [0.15, 0.2) is 0 Å². The second-order valence-corrected chi connectivity index (χ2v) is 7.74. The van der Waals surface area contributed by atoms with Gasteiger partial charge in [-0.15, -0.1) is 0 Å². The number of amides is 1. The van der Waals surface area contributed by atoms with Gasteiger partial charge in [0.1, 0.15) is 0 Å². The highest BCUT2D eigenvalue weighted by Crippen LogP contribution is 2.21. The van der Waals surface area contributed by atoms with Crippen molar-refractivity contribution in [2.75, 3.05) is 19.7 Å². The van der Waals surface area contributed by atoms with Crippen LogP contribution in [0.2, 0.25) is 0 Å². The number of hydrogen-bond acceptors (Lipinski definition) is 4. The second kappa shape index (κ2) is 7.93. The number of carbonyl (C=O) groups excluding carboxylic acids is 1. The van der Waals surface area contributed by atoms with Crippen LogP contribution in [0.3, 0.4) is 0 Å². The van der Waals surface area contributed by atoms with E-state index in [1.54, 1.807) is 24.3 Å². The van der Waals surface area contributed by atoms with Crippen molar-refractivity contribution in [3.05, 3.63) is 29.8 Å². The lowest BCUT2D eigenvalue weighted by molar-refractivity contribution is -0.132. The zero-order chi connectivity index (χ0) is 16.9. The fraction of sp³-hybridized carbons (Fsp3) is 0.588. The van der Waals surface area contributed by atoms with Gasteiger partial charge in [-0.05, 0) is 44.2 Å². The van der Waals surface area contributed by atoms with Crippen molar-refractivity contribution < 1.29 is 17.4 Å². The molecule has 0 atom stereocenters. The number of piperidine rings is 1. The maximum absolute atomic E-state index is 12.2. The van der Waals surface area contributed by atoms with Crippen LogP contribution >= 0.6 is 0 Å². The summed E-state index contributed by atoms with van der Waals surface area (Å²) in [6, 6.07) is 6.65. The van der Waals surface area contributed by atoms with Crippen molar-refractivity contribution in [1.29, 1.82) is 0 Å². The van der Waals surface area contributed by atoms with Crippen molar-refractivity contribution in [2.24, 2.45) is 5.92 Å². The molecule has 0 aromatic heterocycles.